The van der Waals surface area contributed by atoms with Crippen LogP contribution in [0.5, 0.6) is 0 Å². The molecule has 4 aliphatic rings. The molecular weight excluding hydrogens is 1780 g/mol. The molecule has 684 valence electrons. The molecule has 10 heterocycles. The van der Waals surface area contributed by atoms with Crippen LogP contribution in [0.4, 0.5) is 0 Å². The fourth-order valence-corrected chi connectivity index (χ4v) is 23.0. The number of benzene rings is 17. The lowest BCUT2D eigenvalue weighted by atomic mass is 9.90. The van der Waals surface area contributed by atoms with Crippen LogP contribution in [0.1, 0.15) is 44.5 Å². The van der Waals surface area contributed by atoms with Crippen LogP contribution in [0.3, 0.4) is 0 Å². The molecule has 146 heavy (non-hydrogen) atoms. The molecule has 4 aliphatic carbocycles. The van der Waals surface area contributed by atoms with E-state index < -0.39 is 0 Å². The zero-order chi connectivity index (χ0) is 96.2. The van der Waals surface area contributed by atoms with E-state index in [-0.39, 0.29) is 0 Å². The number of fused-ring (bicyclic) bond motifs is 16. The summed E-state index contributed by atoms with van der Waals surface area (Å²) in [5.74, 6) is 3.28. The summed E-state index contributed by atoms with van der Waals surface area (Å²) in [4.78, 5) is 47.5. The van der Waals surface area contributed by atoms with E-state index in [1.165, 1.54) is 158 Å². The molecule has 0 saturated carbocycles. The molecule has 0 N–H and O–H groups in total. The lowest BCUT2D eigenvalue weighted by Crippen LogP contribution is -2.06. The van der Waals surface area contributed by atoms with Crippen LogP contribution in [0.15, 0.2) is 450 Å². The third kappa shape index (κ3) is 14.5. The summed E-state index contributed by atoms with van der Waals surface area (Å²) in [6.07, 6.45) is 34.6. The maximum Gasteiger partial charge on any atom is 0.238 e. The van der Waals surface area contributed by atoms with Gasteiger partial charge in [-0.15, -0.1) is 0 Å². The number of nitrogens with zero attached hydrogens (tertiary/aromatic N) is 14. The van der Waals surface area contributed by atoms with Crippen LogP contribution in [-0.4, -0.2) is 68.1 Å². The van der Waals surface area contributed by atoms with Gasteiger partial charge in [0.05, 0.1) is 78.8 Å². The summed E-state index contributed by atoms with van der Waals surface area (Å²) in [5.41, 5.74) is 33.3. The summed E-state index contributed by atoms with van der Waals surface area (Å²) in [6, 6.07) is 134. The molecule has 0 spiro atoms. The topological polar surface area (TPSA) is 149 Å². The third-order valence-electron chi connectivity index (χ3n) is 29.1. The number of pyridine rings is 3. The van der Waals surface area contributed by atoms with Gasteiger partial charge in [0, 0.05) is 125 Å². The van der Waals surface area contributed by atoms with Gasteiger partial charge in [-0.25, -0.2) is 29.9 Å². The first-order valence-electron chi connectivity index (χ1n) is 49.6. The summed E-state index contributed by atoms with van der Waals surface area (Å²) in [6.45, 7) is 0. The van der Waals surface area contributed by atoms with Gasteiger partial charge in [0.2, 0.25) is 5.95 Å². The molecule has 0 amide bonds. The number of aromatic nitrogens is 14. The fourth-order valence-electron chi connectivity index (χ4n) is 23.0. The molecule has 10 aromatic heterocycles. The first-order valence-corrected chi connectivity index (χ1v) is 49.6. The molecule has 0 saturated heterocycles. The van der Waals surface area contributed by atoms with Crippen molar-refractivity contribution in [1.82, 2.24) is 68.1 Å². The molecule has 14 nitrogen and oxygen atoms in total. The molecule has 17 aromatic carbocycles. The van der Waals surface area contributed by atoms with Crippen molar-refractivity contribution in [3.63, 3.8) is 0 Å². The largest absolute Gasteiger partial charge is 0.309 e. The highest BCUT2D eigenvalue weighted by atomic mass is 15.2. The van der Waals surface area contributed by atoms with Gasteiger partial charge in [-0.3, -0.25) is 14.5 Å². The molecule has 0 bridgehead atoms. The third-order valence-corrected chi connectivity index (χ3v) is 29.1. The molecule has 0 unspecified atom stereocenters. The Labute approximate surface area is 839 Å². The molecule has 0 aliphatic heterocycles. The van der Waals surface area contributed by atoms with E-state index in [9.17, 15) is 0 Å². The van der Waals surface area contributed by atoms with Gasteiger partial charge in [0.25, 0.3) is 0 Å². The van der Waals surface area contributed by atoms with Crippen LogP contribution in [-0.2, 0) is 25.7 Å². The normalized spacial score (nSPS) is 12.6. The summed E-state index contributed by atoms with van der Waals surface area (Å²) in [7, 11) is 0. The van der Waals surface area contributed by atoms with Gasteiger partial charge in [-0.05, 0) is 222 Å². The van der Waals surface area contributed by atoms with E-state index in [1.54, 1.807) is 24.8 Å². The average Bonchev–Trinajstić information content (AvgIpc) is 1.56. The predicted molar refractivity (Wildman–Crippen MR) is 600 cm³/mol. The van der Waals surface area contributed by atoms with Gasteiger partial charge in [0.1, 0.15) is 0 Å². The maximum absolute atomic E-state index is 5.13. The lowest BCUT2D eigenvalue weighted by Gasteiger charge is -2.16. The molecule has 0 atom stereocenters. The molecular formula is C132H86N14. The molecule has 31 rings (SSSR count). The van der Waals surface area contributed by atoms with Crippen molar-refractivity contribution < 1.29 is 0 Å². The highest BCUT2D eigenvalue weighted by Crippen LogP contribution is 2.49. The summed E-state index contributed by atoms with van der Waals surface area (Å²) < 4.78 is 9.37. The summed E-state index contributed by atoms with van der Waals surface area (Å²) >= 11 is 0. The SMILES string of the molecule is C1=Cc2cccc3cc4c(c(c23)C1)c1ccccc1n4-c1cc(-c2ccccc2)nc(-c2ccccc2)c1.C1=Cc2cccc3cc4c(c(c23)C1)c1ccccc1n4-c1cc(-c2ncccn2)cc(-c2ncccn2)c1.C1=Cc2cccc3cc4c(c(c23)C1)c1ccccc1n4-c1cncc(-c2ccccn2)c1.C1=Cc2cccc3cc4c(c(c23)C1)c1ccccc1n4-c1nc(-c2ccccc2)nc(-c2ccccc2)n1. The second-order valence-corrected chi connectivity index (χ2v) is 37.5. The number of hydrogen-bond acceptors (Lipinski definition) is 10. The van der Waals surface area contributed by atoms with Crippen molar-refractivity contribution in [1.29, 1.82) is 0 Å². The minimum absolute atomic E-state index is 0.623. The van der Waals surface area contributed by atoms with Crippen LogP contribution in [0.2, 0.25) is 0 Å². The average molecular weight is 1870 g/mol. The van der Waals surface area contributed by atoms with E-state index in [2.05, 4.69) is 388 Å². The van der Waals surface area contributed by atoms with Gasteiger partial charge in [-0.1, -0.05) is 322 Å². The first-order chi connectivity index (χ1) is 72.4. The highest BCUT2D eigenvalue weighted by Gasteiger charge is 2.29. The van der Waals surface area contributed by atoms with Crippen molar-refractivity contribution in [3.05, 3.63) is 494 Å². The minimum atomic E-state index is 0.623. The second-order valence-electron chi connectivity index (χ2n) is 37.5. The zero-order valence-electron chi connectivity index (χ0n) is 79.1. The van der Waals surface area contributed by atoms with Crippen LogP contribution in [0, 0.1) is 0 Å². The van der Waals surface area contributed by atoms with E-state index >= 15 is 0 Å². The highest BCUT2D eigenvalue weighted by molar-refractivity contribution is 6.22. The van der Waals surface area contributed by atoms with Gasteiger partial charge in [-0.2, -0.15) is 9.97 Å². The monoisotopic (exact) mass is 1870 g/mol. The zero-order valence-corrected chi connectivity index (χ0v) is 79.1. The van der Waals surface area contributed by atoms with Crippen LogP contribution >= 0.6 is 0 Å². The predicted octanol–water partition coefficient (Wildman–Crippen LogP) is 31.6. The van der Waals surface area contributed by atoms with E-state index in [1.807, 2.05) is 110 Å². The van der Waals surface area contributed by atoms with Crippen LogP contribution in [0.25, 0.3) is 257 Å². The van der Waals surface area contributed by atoms with Crippen molar-refractivity contribution >= 4 is 155 Å². The Morgan fingerprint density at radius 3 is 0.904 bits per heavy atom. The standard InChI is InChI=1S/C36H24N2.C34H22N4.C33H21N5.C29H19N3/c1-3-11-24(12-4-1)31-22-28(23-32(37-31)25-13-5-2-6-14-25)38-33-20-8-7-18-29(33)36-30-19-10-16-26-15-9-17-27(35(26)30)21-34(36)38;1-3-11-23(12-4-1)32-35-33(24-13-5-2-6-14-24)37-34(36-32)38-28-20-8-7-18-26(28)31-27-19-10-16-22-15-9-17-25(30(22)27)21-29(31)38;1-2-12-28-26(10-1)31-27-11-4-8-21-7-3-9-22(30(21)27)20-29(31)38(28)25-18-23(32-34-13-5-14-35-32)17-24(19-25)33-36-15-6-16-37-33;1-2-13-26-23(10-1)29-24-11-6-8-19-7-5-9-20(28(19)24)16-27(29)32(26)22-15-21(17-30-18-22)25-12-3-4-14-31-25/h1-18,20-23H,19H2;1-18,20-21H,19H2;1-10,12-20H,11H2;1-10,12-18H,11H2. The molecule has 27 aromatic rings. The van der Waals surface area contributed by atoms with Crippen molar-refractivity contribution in [2.45, 2.75) is 25.7 Å². The van der Waals surface area contributed by atoms with E-state index in [4.69, 9.17) is 19.9 Å². The Morgan fingerprint density at radius 1 is 0.192 bits per heavy atom. The number of rotatable bonds is 11. The fraction of sp³-hybridized carbons (Fsp3) is 0.0303. The van der Waals surface area contributed by atoms with Crippen molar-refractivity contribution in [2.24, 2.45) is 0 Å². The smallest absolute Gasteiger partial charge is 0.238 e. The van der Waals surface area contributed by atoms with Crippen LogP contribution < -0.4 is 0 Å². The summed E-state index contributed by atoms with van der Waals surface area (Å²) in [5, 5.41) is 20.9. The van der Waals surface area contributed by atoms with Gasteiger partial charge >= 0.3 is 0 Å². The Kier molecular flexibility index (Phi) is 20.5. The number of para-hydroxylation sites is 4. The van der Waals surface area contributed by atoms with Crippen molar-refractivity contribution in [3.8, 4) is 102 Å². The quantitative estimate of drug-likeness (QED) is 0.122. The van der Waals surface area contributed by atoms with Gasteiger partial charge < -0.3 is 13.7 Å². The lowest BCUT2D eigenvalue weighted by molar-refractivity contribution is 0.953. The minimum Gasteiger partial charge on any atom is -0.309 e. The number of hydrogen-bond donors (Lipinski definition) is 0. The number of allylic oxidation sites excluding steroid dienone is 4. The Hall–Kier alpha value is -19.4. The first kappa shape index (κ1) is 84.6. The van der Waals surface area contributed by atoms with E-state index in [0.29, 0.717) is 29.2 Å². The van der Waals surface area contributed by atoms with Gasteiger partial charge in [0.15, 0.2) is 23.3 Å². The Bertz CT molecular complexity index is 9220. The Morgan fingerprint density at radius 2 is 0.521 bits per heavy atom. The molecule has 14 heteroatoms. The second kappa shape index (κ2) is 35.4. The maximum atomic E-state index is 5.13. The van der Waals surface area contributed by atoms with Crippen molar-refractivity contribution in [2.75, 3.05) is 0 Å². The van der Waals surface area contributed by atoms with E-state index in [0.717, 1.165) is 115 Å². The molecule has 0 radical (unpaired) electrons. The molecule has 0 fully saturated rings. The Balaban J connectivity index is 0.0000000945.